The Labute approximate surface area is 193 Å². The van der Waals surface area contributed by atoms with Crippen LogP contribution in [0.1, 0.15) is 24.5 Å². The average Bonchev–Trinajstić information content (AvgIpc) is 3.62. The highest BCUT2D eigenvalue weighted by Gasteiger charge is 2.67. The fourth-order valence-corrected chi connectivity index (χ4v) is 6.59. The topological polar surface area (TPSA) is 66.5 Å². The number of benzene rings is 2. The summed E-state index contributed by atoms with van der Waals surface area (Å²) in [5.41, 5.74) is 2.70. The smallest absolute Gasteiger partial charge is 0.248 e. The summed E-state index contributed by atoms with van der Waals surface area (Å²) in [6, 6.07) is 16.5. The number of anilines is 1. The van der Waals surface area contributed by atoms with E-state index in [1.54, 1.807) is 0 Å². The van der Waals surface area contributed by atoms with Gasteiger partial charge in [-0.2, -0.15) is 0 Å². The van der Waals surface area contributed by atoms with E-state index in [4.69, 9.17) is 0 Å². The molecule has 0 unspecified atom stereocenters. The van der Waals surface area contributed by atoms with Crippen LogP contribution in [0.25, 0.3) is 0 Å². The molecule has 2 saturated carbocycles. The highest BCUT2D eigenvalue weighted by Crippen LogP contribution is 2.65. The first-order chi connectivity index (χ1) is 16.1. The van der Waals surface area contributed by atoms with Gasteiger partial charge in [0.2, 0.25) is 17.7 Å². The van der Waals surface area contributed by atoms with Gasteiger partial charge in [0.25, 0.3) is 0 Å². The maximum absolute atomic E-state index is 13.7. The molecule has 1 aliphatic heterocycles. The molecule has 3 amide bonds. The number of rotatable bonds is 6. The maximum Gasteiger partial charge on any atom is 0.248 e. The van der Waals surface area contributed by atoms with E-state index < -0.39 is 6.04 Å². The Balaban J connectivity index is 1.34. The molecule has 7 rings (SSSR count). The summed E-state index contributed by atoms with van der Waals surface area (Å²) in [5, 5.41) is 3.04. The number of nitrogens with one attached hydrogen (secondary N) is 1. The van der Waals surface area contributed by atoms with Gasteiger partial charge in [-0.05, 0) is 53.7 Å². The van der Waals surface area contributed by atoms with Crippen molar-refractivity contribution in [1.29, 1.82) is 0 Å². The minimum absolute atomic E-state index is 0.146. The van der Waals surface area contributed by atoms with Gasteiger partial charge in [-0.3, -0.25) is 19.3 Å². The summed E-state index contributed by atoms with van der Waals surface area (Å²) in [6.07, 6.45) is 6.55. The van der Waals surface area contributed by atoms with Crippen molar-refractivity contribution in [3.63, 3.8) is 0 Å². The second-order valence-corrected chi connectivity index (χ2v) is 9.91. The lowest BCUT2D eigenvalue weighted by molar-refractivity contribution is -0.146. The maximum atomic E-state index is 13.7. The normalized spacial score (nSPS) is 31.8. The number of allylic oxidation sites excluding steroid dienone is 2. The van der Waals surface area contributed by atoms with Crippen molar-refractivity contribution in [3.05, 3.63) is 77.9 Å². The highest BCUT2D eigenvalue weighted by molar-refractivity contribution is 6.10. The lowest BCUT2D eigenvalue weighted by Gasteiger charge is -2.37. The molecule has 1 N–H and O–H groups in total. The second kappa shape index (κ2) is 7.68. The van der Waals surface area contributed by atoms with Gasteiger partial charge < -0.3 is 5.32 Å². The van der Waals surface area contributed by atoms with Crippen molar-refractivity contribution in [2.24, 2.45) is 35.5 Å². The Kier molecular flexibility index (Phi) is 4.75. The van der Waals surface area contributed by atoms with E-state index in [0.717, 1.165) is 29.7 Å². The zero-order valence-corrected chi connectivity index (χ0v) is 18.7. The molecule has 2 aromatic rings. The molecule has 5 aliphatic rings. The molecule has 0 radical (unpaired) electrons. The molecule has 0 aromatic heterocycles. The molecule has 7 atom stereocenters. The van der Waals surface area contributed by atoms with Crippen molar-refractivity contribution in [2.75, 3.05) is 5.32 Å². The molecule has 33 heavy (non-hydrogen) atoms. The second-order valence-electron chi connectivity index (χ2n) is 9.91. The SMILES string of the molecule is CCc1ccccc1NC(=O)[C@H](Cc1ccccc1)N1C(=O)[C@@H]2[C@H]3C=C[C@@H]([C@@H]4C[C@@H]34)[C@@H]2C1=O. The number of carbonyl (C=O) groups is 3. The molecule has 4 aliphatic carbocycles. The first kappa shape index (κ1) is 20.4. The lowest BCUT2D eigenvalue weighted by atomic mass is 9.63. The first-order valence-corrected chi connectivity index (χ1v) is 12.1. The average molecular weight is 441 g/mol. The van der Waals surface area contributed by atoms with Crippen LogP contribution in [0.15, 0.2) is 66.7 Å². The van der Waals surface area contributed by atoms with E-state index in [1.165, 1.54) is 4.90 Å². The van der Waals surface area contributed by atoms with Crippen LogP contribution in [0.2, 0.25) is 0 Å². The van der Waals surface area contributed by atoms with Gasteiger partial charge in [-0.15, -0.1) is 0 Å². The van der Waals surface area contributed by atoms with E-state index in [9.17, 15) is 14.4 Å². The molecular weight excluding hydrogens is 412 g/mol. The Hall–Kier alpha value is -3.21. The van der Waals surface area contributed by atoms with Crippen LogP contribution >= 0.6 is 0 Å². The fraction of sp³-hybridized carbons (Fsp3) is 0.393. The third-order valence-corrected chi connectivity index (χ3v) is 8.24. The van der Waals surface area contributed by atoms with Crippen LogP contribution in [0, 0.1) is 35.5 Å². The van der Waals surface area contributed by atoms with E-state index in [2.05, 4.69) is 17.5 Å². The molecule has 3 fully saturated rings. The van der Waals surface area contributed by atoms with Gasteiger partial charge in [0.1, 0.15) is 6.04 Å². The zero-order valence-electron chi connectivity index (χ0n) is 18.7. The van der Waals surface area contributed by atoms with Crippen molar-refractivity contribution in [2.45, 2.75) is 32.2 Å². The lowest BCUT2D eigenvalue weighted by Crippen LogP contribution is -2.49. The Bertz CT molecular complexity index is 1120. The van der Waals surface area contributed by atoms with Gasteiger partial charge in [0, 0.05) is 12.1 Å². The molecule has 2 aromatic carbocycles. The highest BCUT2D eigenvalue weighted by atomic mass is 16.2. The number of nitrogens with zero attached hydrogens (tertiary/aromatic N) is 1. The van der Waals surface area contributed by atoms with E-state index in [-0.39, 0.29) is 41.4 Å². The molecule has 0 spiro atoms. The summed E-state index contributed by atoms with van der Waals surface area (Å²) in [6.45, 7) is 2.04. The Morgan fingerprint density at radius 2 is 1.55 bits per heavy atom. The van der Waals surface area contributed by atoms with Crippen LogP contribution < -0.4 is 5.32 Å². The van der Waals surface area contributed by atoms with E-state index in [0.29, 0.717) is 18.3 Å². The van der Waals surface area contributed by atoms with Crippen molar-refractivity contribution in [1.82, 2.24) is 4.90 Å². The standard InChI is InChI=1S/C28H28N2O3/c1-2-17-10-6-7-11-22(17)29-26(31)23(14-16-8-4-3-5-9-16)30-27(32)24-18-12-13-19(21-15-20(18)21)25(24)28(30)33/h3-13,18-21,23-25H,2,14-15H2,1H3,(H,29,31)/t18-,19-,20-,21-,23-,24-,25+/m0/s1. The number of imide groups is 1. The number of amides is 3. The number of carbonyl (C=O) groups excluding carboxylic acids is 3. The van der Waals surface area contributed by atoms with Crippen LogP contribution in [-0.2, 0) is 27.2 Å². The van der Waals surface area contributed by atoms with Crippen molar-refractivity contribution < 1.29 is 14.4 Å². The first-order valence-electron chi connectivity index (χ1n) is 12.1. The third-order valence-electron chi connectivity index (χ3n) is 8.24. The van der Waals surface area contributed by atoms with E-state index >= 15 is 0 Å². The molecule has 5 nitrogen and oxygen atoms in total. The van der Waals surface area contributed by atoms with Gasteiger partial charge in [-0.1, -0.05) is 67.6 Å². The number of hydrogen-bond acceptors (Lipinski definition) is 3. The molecule has 5 heteroatoms. The molecule has 2 bridgehead atoms. The van der Waals surface area contributed by atoms with Gasteiger partial charge in [0.05, 0.1) is 11.8 Å². The molecule has 168 valence electrons. The van der Waals surface area contributed by atoms with Crippen molar-refractivity contribution in [3.8, 4) is 0 Å². The van der Waals surface area contributed by atoms with Gasteiger partial charge in [0.15, 0.2) is 0 Å². The van der Waals surface area contributed by atoms with Crippen molar-refractivity contribution >= 4 is 23.4 Å². The minimum Gasteiger partial charge on any atom is -0.324 e. The summed E-state index contributed by atoms with van der Waals surface area (Å²) < 4.78 is 0. The summed E-state index contributed by atoms with van der Waals surface area (Å²) in [7, 11) is 0. The van der Waals surface area contributed by atoms with Crippen LogP contribution in [0.4, 0.5) is 5.69 Å². The molecule has 1 saturated heterocycles. The van der Waals surface area contributed by atoms with E-state index in [1.807, 2.05) is 61.5 Å². The predicted octanol–water partition coefficient (Wildman–Crippen LogP) is 3.85. The van der Waals surface area contributed by atoms with Crippen LogP contribution in [-0.4, -0.2) is 28.7 Å². The number of aryl methyl sites for hydroxylation is 1. The molecular formula is C28H28N2O3. The zero-order chi connectivity index (χ0) is 22.7. The summed E-state index contributed by atoms with van der Waals surface area (Å²) in [5.74, 6) is 0.150. The number of hydrogen-bond donors (Lipinski definition) is 1. The monoisotopic (exact) mass is 440 g/mol. The quantitative estimate of drug-likeness (QED) is 0.548. The fourth-order valence-electron chi connectivity index (χ4n) is 6.59. The number of para-hydroxylation sites is 1. The van der Waals surface area contributed by atoms with Gasteiger partial charge >= 0.3 is 0 Å². The molecule has 1 heterocycles. The predicted molar refractivity (Wildman–Crippen MR) is 125 cm³/mol. The minimum atomic E-state index is -0.862. The summed E-state index contributed by atoms with van der Waals surface area (Å²) in [4.78, 5) is 42.4. The summed E-state index contributed by atoms with van der Waals surface area (Å²) >= 11 is 0. The van der Waals surface area contributed by atoms with Crippen LogP contribution in [0.5, 0.6) is 0 Å². The van der Waals surface area contributed by atoms with Gasteiger partial charge in [-0.25, -0.2) is 0 Å². The Morgan fingerprint density at radius 3 is 2.18 bits per heavy atom. The van der Waals surface area contributed by atoms with Crippen LogP contribution in [0.3, 0.4) is 0 Å². The largest absolute Gasteiger partial charge is 0.324 e. The Morgan fingerprint density at radius 1 is 0.939 bits per heavy atom. The third kappa shape index (κ3) is 3.17. The number of likely N-dealkylation sites (tertiary alicyclic amines) is 1.